The van der Waals surface area contributed by atoms with Crippen LogP contribution >= 0.6 is 0 Å². The van der Waals surface area contributed by atoms with Gasteiger partial charge in [0.05, 0.1) is 0 Å². The van der Waals surface area contributed by atoms with Gasteiger partial charge in [-0.15, -0.1) is 0 Å². The molecule has 0 spiro atoms. The summed E-state index contributed by atoms with van der Waals surface area (Å²) in [6, 6.07) is 54.7. The quantitative estimate of drug-likeness (QED) is 0.144. The van der Waals surface area contributed by atoms with Crippen LogP contribution in [0.5, 0.6) is 0 Å². The minimum atomic E-state index is -0.140. The molecular weight excluding hydrogens is 704 g/mol. The van der Waals surface area contributed by atoms with Gasteiger partial charge in [-0.1, -0.05) is 240 Å². The summed E-state index contributed by atoms with van der Waals surface area (Å²) in [5.41, 5.74) is 7.51. The van der Waals surface area contributed by atoms with E-state index in [0.717, 1.165) is 5.39 Å². The molecule has 8 aromatic carbocycles. The molecule has 0 nitrogen and oxygen atoms in total. The zero-order chi connectivity index (χ0) is 42.5. The number of aryl methyl sites for hydroxylation is 1. The zero-order valence-electron chi connectivity index (χ0n) is 37.4. The van der Waals surface area contributed by atoms with Gasteiger partial charge < -0.3 is 0 Å². The second-order valence-corrected chi connectivity index (χ2v) is 19.8. The molecule has 8 aromatic rings. The summed E-state index contributed by atoms with van der Waals surface area (Å²) in [7, 11) is 0. The molecule has 8 rings (SSSR count). The van der Waals surface area contributed by atoms with Gasteiger partial charge in [0.15, 0.2) is 0 Å². The highest BCUT2D eigenvalue weighted by Gasteiger charge is 2.19. The summed E-state index contributed by atoms with van der Waals surface area (Å²) in [5, 5.41) is 9.83. The molecule has 0 aromatic heterocycles. The van der Waals surface area contributed by atoms with Crippen LogP contribution in [0.25, 0.3) is 43.1 Å². The molecule has 300 valence electrons. The first-order valence-electron chi connectivity index (χ1n) is 20.8. The van der Waals surface area contributed by atoms with Crippen molar-refractivity contribution in [3.05, 3.63) is 191 Å². The number of benzene rings is 8. The Bertz CT molecular complexity index is 2590. The van der Waals surface area contributed by atoms with Crippen LogP contribution in [0.1, 0.15) is 111 Å². The molecule has 0 fully saturated rings. The third-order valence-corrected chi connectivity index (χ3v) is 10.7. The Balaban J connectivity index is 0.000000147. The SMILES string of the molecule is CC(C)(C)c1ccc(F)c2ccccc12.CC(C)(C)c1ccc2ccccc2c1.CC(C)(C)c1cccc2ccccc12.Cc1ccc2cccc(C(C)(C)C)c2c1. The average molecular weight is 769 g/mol. The molecular formula is C57H65F. The van der Waals surface area contributed by atoms with E-state index in [1.165, 1.54) is 60.1 Å². The van der Waals surface area contributed by atoms with Crippen LogP contribution in [0, 0.1) is 12.7 Å². The number of hydrogen-bond donors (Lipinski definition) is 0. The van der Waals surface area contributed by atoms with E-state index in [4.69, 9.17) is 0 Å². The van der Waals surface area contributed by atoms with E-state index in [0.29, 0.717) is 5.39 Å². The van der Waals surface area contributed by atoms with Crippen molar-refractivity contribution in [3.63, 3.8) is 0 Å². The third kappa shape index (κ3) is 11.0. The van der Waals surface area contributed by atoms with Gasteiger partial charge >= 0.3 is 0 Å². The summed E-state index contributed by atoms with van der Waals surface area (Å²) < 4.78 is 13.6. The molecule has 0 radical (unpaired) electrons. The highest BCUT2D eigenvalue weighted by Crippen LogP contribution is 2.33. The molecule has 1 heteroatoms. The van der Waals surface area contributed by atoms with Gasteiger partial charge in [-0.3, -0.25) is 0 Å². The fraction of sp³-hybridized carbons (Fsp3) is 0.298. The standard InChI is InChI=1S/C15H18.C14H15F.2C14H16/c1-11-8-9-12-6-5-7-14(13(12)10-11)15(2,3)4;1-14(2,3)12-8-9-13(15)11-7-5-4-6-10(11)12;1-14(2,3)13-10-6-8-11-7-4-5-9-12(11)13;1-14(2,3)13-9-8-11-6-4-5-7-12(11)10-13/h5-10H,1-4H3;4-9H,1-3H3;2*4-10H,1-3H3. The van der Waals surface area contributed by atoms with Crippen molar-refractivity contribution in [1.29, 1.82) is 0 Å². The average Bonchev–Trinajstić information content (AvgIpc) is 3.16. The van der Waals surface area contributed by atoms with E-state index in [1.807, 2.05) is 30.3 Å². The number of halogens is 1. The lowest BCUT2D eigenvalue weighted by molar-refractivity contribution is 0.591. The number of rotatable bonds is 0. The molecule has 0 aliphatic carbocycles. The molecule has 0 unspecified atom stereocenters. The molecule has 58 heavy (non-hydrogen) atoms. The normalized spacial score (nSPS) is 12.0. The Hall–Kier alpha value is -5.27. The Morgan fingerprint density at radius 2 is 0.741 bits per heavy atom. The minimum Gasteiger partial charge on any atom is -0.206 e. The van der Waals surface area contributed by atoms with E-state index in [1.54, 1.807) is 6.07 Å². The van der Waals surface area contributed by atoms with Crippen LogP contribution in [-0.4, -0.2) is 0 Å². The Morgan fingerprint density at radius 1 is 0.310 bits per heavy atom. The van der Waals surface area contributed by atoms with Crippen LogP contribution in [0.4, 0.5) is 4.39 Å². The van der Waals surface area contributed by atoms with E-state index < -0.39 is 0 Å². The molecule has 0 saturated carbocycles. The predicted molar refractivity (Wildman–Crippen MR) is 255 cm³/mol. The predicted octanol–water partition coefficient (Wildman–Crippen LogP) is 17.0. The Kier molecular flexibility index (Phi) is 13.4. The molecule has 0 aliphatic heterocycles. The van der Waals surface area contributed by atoms with Crippen molar-refractivity contribution in [2.24, 2.45) is 0 Å². The maximum absolute atomic E-state index is 13.6. The van der Waals surface area contributed by atoms with Crippen LogP contribution in [0.2, 0.25) is 0 Å². The first-order chi connectivity index (χ1) is 27.1. The maximum atomic E-state index is 13.6. The Labute approximate surface area is 349 Å². The van der Waals surface area contributed by atoms with E-state index in [-0.39, 0.29) is 27.5 Å². The first-order valence-corrected chi connectivity index (χ1v) is 20.8. The van der Waals surface area contributed by atoms with Gasteiger partial charge in [0.25, 0.3) is 0 Å². The second kappa shape index (κ2) is 17.7. The molecule has 0 amide bonds. The smallest absolute Gasteiger partial charge is 0.131 e. The van der Waals surface area contributed by atoms with Gasteiger partial charge in [-0.05, 0) is 94.6 Å². The lowest BCUT2D eigenvalue weighted by Gasteiger charge is -2.21. The maximum Gasteiger partial charge on any atom is 0.131 e. The molecule has 0 heterocycles. The molecule has 0 saturated heterocycles. The number of hydrogen-bond acceptors (Lipinski definition) is 0. The van der Waals surface area contributed by atoms with Gasteiger partial charge in [0.1, 0.15) is 5.82 Å². The minimum absolute atomic E-state index is 0.0489. The van der Waals surface area contributed by atoms with E-state index in [9.17, 15) is 4.39 Å². The molecule has 0 N–H and O–H groups in total. The summed E-state index contributed by atoms with van der Waals surface area (Å²) in [5.74, 6) is -0.140. The van der Waals surface area contributed by atoms with E-state index in [2.05, 4.69) is 211 Å². The van der Waals surface area contributed by atoms with Crippen LogP contribution in [-0.2, 0) is 21.7 Å². The van der Waals surface area contributed by atoms with Gasteiger partial charge in [0.2, 0.25) is 0 Å². The highest BCUT2D eigenvalue weighted by molar-refractivity contribution is 5.89. The van der Waals surface area contributed by atoms with Crippen LogP contribution in [0.3, 0.4) is 0 Å². The highest BCUT2D eigenvalue weighted by atomic mass is 19.1. The summed E-state index contributed by atoms with van der Waals surface area (Å²) in [6.45, 7) is 28.9. The fourth-order valence-corrected chi connectivity index (χ4v) is 7.49. The van der Waals surface area contributed by atoms with Crippen molar-refractivity contribution >= 4 is 43.1 Å². The van der Waals surface area contributed by atoms with Crippen molar-refractivity contribution in [2.75, 3.05) is 0 Å². The lowest BCUT2D eigenvalue weighted by Crippen LogP contribution is -2.11. The Morgan fingerprint density at radius 3 is 1.31 bits per heavy atom. The fourth-order valence-electron chi connectivity index (χ4n) is 7.49. The lowest BCUT2D eigenvalue weighted by atomic mass is 9.83. The number of fused-ring (bicyclic) bond motifs is 4. The zero-order valence-corrected chi connectivity index (χ0v) is 37.4. The van der Waals surface area contributed by atoms with Crippen LogP contribution < -0.4 is 0 Å². The second-order valence-electron chi connectivity index (χ2n) is 19.8. The van der Waals surface area contributed by atoms with Crippen molar-refractivity contribution < 1.29 is 4.39 Å². The van der Waals surface area contributed by atoms with Crippen molar-refractivity contribution in [3.8, 4) is 0 Å². The van der Waals surface area contributed by atoms with Gasteiger partial charge in [-0.25, -0.2) is 4.39 Å². The third-order valence-electron chi connectivity index (χ3n) is 10.7. The van der Waals surface area contributed by atoms with Gasteiger partial charge in [-0.2, -0.15) is 0 Å². The monoisotopic (exact) mass is 769 g/mol. The first kappa shape index (κ1) is 43.8. The summed E-state index contributed by atoms with van der Waals surface area (Å²) >= 11 is 0. The van der Waals surface area contributed by atoms with Crippen molar-refractivity contribution in [2.45, 2.75) is 112 Å². The topological polar surface area (TPSA) is 0 Å². The van der Waals surface area contributed by atoms with Crippen molar-refractivity contribution in [1.82, 2.24) is 0 Å². The molecule has 0 atom stereocenters. The summed E-state index contributed by atoms with van der Waals surface area (Å²) in [4.78, 5) is 0. The summed E-state index contributed by atoms with van der Waals surface area (Å²) in [6.07, 6.45) is 0. The molecule has 0 bridgehead atoms. The van der Waals surface area contributed by atoms with Gasteiger partial charge in [0, 0.05) is 5.39 Å². The largest absolute Gasteiger partial charge is 0.206 e. The van der Waals surface area contributed by atoms with Crippen LogP contribution in [0.15, 0.2) is 158 Å². The molecule has 0 aliphatic rings. The van der Waals surface area contributed by atoms with E-state index >= 15 is 0 Å².